The number of fused-ring (bicyclic) bond motifs is 2. The number of piperidine rings is 1. The number of aromatic nitrogens is 1. The molecule has 12 heteroatoms. The summed E-state index contributed by atoms with van der Waals surface area (Å²) in [5.74, 6) is -1.47. The fraction of sp³-hybridized carbons (Fsp3) is 0.444. The summed E-state index contributed by atoms with van der Waals surface area (Å²) < 4.78 is 20.9. The largest absolute Gasteiger partial charge is 0.446 e. The SMILES string of the molecule is CC1Cc2cccnc2N1C1CC(OC(=O)NCc2cc(Cl)c3c(c2F)C(=O)N(C2CCC(=O)NC2=O)C3)C1. The van der Waals surface area contributed by atoms with Crippen molar-refractivity contribution < 1.29 is 28.3 Å². The molecule has 0 radical (unpaired) electrons. The number of benzene rings is 1. The molecule has 0 bridgehead atoms. The Hall–Kier alpha value is -3.73. The van der Waals surface area contributed by atoms with E-state index in [-0.39, 0.29) is 59.8 Å². The standard InChI is InChI=1S/C27H27ClFN5O5/c1-13-7-14-3-2-6-30-24(14)34(13)16-9-17(10-16)39-27(38)31-11-15-8-19(28)18-12-33(26(37)22(18)23(15)29)20-4-5-21(35)32-25(20)36/h2-3,6,8,13,16-17,20H,4-5,7,9-12H2,1H3,(H,31,38)(H,32,35,36). The predicted octanol–water partition coefficient (Wildman–Crippen LogP) is 2.84. The van der Waals surface area contributed by atoms with Gasteiger partial charge in [-0.15, -0.1) is 0 Å². The molecular formula is C27H27ClFN5O5. The Balaban J connectivity index is 1.05. The van der Waals surface area contributed by atoms with Gasteiger partial charge in [-0.05, 0) is 37.5 Å². The van der Waals surface area contributed by atoms with E-state index >= 15 is 4.39 Å². The highest BCUT2D eigenvalue weighted by Gasteiger charge is 2.43. The number of pyridine rings is 1. The van der Waals surface area contributed by atoms with Gasteiger partial charge in [-0.25, -0.2) is 14.2 Å². The molecule has 2 atom stereocenters. The maximum atomic E-state index is 15.4. The van der Waals surface area contributed by atoms with Gasteiger partial charge < -0.3 is 19.9 Å². The van der Waals surface area contributed by atoms with Crippen molar-refractivity contribution in [1.29, 1.82) is 0 Å². The van der Waals surface area contributed by atoms with Crippen LogP contribution in [0.4, 0.5) is 15.0 Å². The number of anilines is 1. The Kier molecular flexibility index (Phi) is 6.41. The fourth-order valence-electron chi connectivity index (χ4n) is 6.04. The number of alkyl carbamates (subject to hydrolysis) is 1. The molecule has 2 N–H and O–H groups in total. The molecule has 4 heterocycles. The van der Waals surface area contributed by atoms with Gasteiger partial charge in [0.15, 0.2) is 0 Å². The van der Waals surface area contributed by atoms with Crippen LogP contribution in [0.15, 0.2) is 24.4 Å². The van der Waals surface area contributed by atoms with E-state index in [1.54, 1.807) is 6.20 Å². The number of hydrogen-bond acceptors (Lipinski definition) is 7. The number of rotatable bonds is 5. The maximum Gasteiger partial charge on any atom is 0.407 e. The van der Waals surface area contributed by atoms with Crippen molar-refractivity contribution in [2.24, 2.45) is 0 Å². The smallest absolute Gasteiger partial charge is 0.407 e. The van der Waals surface area contributed by atoms with Crippen LogP contribution >= 0.6 is 11.6 Å². The lowest BCUT2D eigenvalue weighted by atomic mass is 9.87. The van der Waals surface area contributed by atoms with Crippen LogP contribution in [0, 0.1) is 5.82 Å². The lowest BCUT2D eigenvalue weighted by Crippen LogP contribution is -2.52. The zero-order chi connectivity index (χ0) is 27.4. The molecule has 2 fully saturated rings. The monoisotopic (exact) mass is 555 g/mol. The summed E-state index contributed by atoms with van der Waals surface area (Å²) in [6, 6.07) is 5.08. The van der Waals surface area contributed by atoms with Gasteiger partial charge >= 0.3 is 6.09 Å². The highest BCUT2D eigenvalue weighted by molar-refractivity contribution is 6.32. The minimum absolute atomic E-state index is 0.0363. The van der Waals surface area contributed by atoms with E-state index in [9.17, 15) is 19.2 Å². The van der Waals surface area contributed by atoms with Crippen LogP contribution < -0.4 is 15.5 Å². The molecule has 6 rings (SSSR count). The van der Waals surface area contributed by atoms with Crippen LogP contribution in [0.3, 0.4) is 0 Å². The summed E-state index contributed by atoms with van der Waals surface area (Å²) in [4.78, 5) is 57.3. The van der Waals surface area contributed by atoms with E-state index in [0.29, 0.717) is 18.9 Å². The molecule has 1 aliphatic carbocycles. The Labute approximate surface area is 228 Å². The van der Waals surface area contributed by atoms with Crippen LogP contribution in [0.25, 0.3) is 0 Å². The molecule has 10 nitrogen and oxygen atoms in total. The molecule has 2 unspecified atom stereocenters. The van der Waals surface area contributed by atoms with Crippen molar-refractivity contribution in [3.05, 3.63) is 57.5 Å². The second-order valence-corrected chi connectivity index (χ2v) is 10.9. The van der Waals surface area contributed by atoms with Crippen LogP contribution in [-0.2, 0) is 33.8 Å². The van der Waals surface area contributed by atoms with Crippen molar-refractivity contribution in [3.8, 4) is 0 Å². The molecule has 1 saturated carbocycles. The third-order valence-electron chi connectivity index (χ3n) is 8.04. The summed E-state index contributed by atoms with van der Waals surface area (Å²) in [7, 11) is 0. The molecule has 3 aliphatic heterocycles. The van der Waals surface area contributed by atoms with Crippen molar-refractivity contribution in [2.45, 2.75) is 76.3 Å². The van der Waals surface area contributed by atoms with Crippen molar-refractivity contribution in [2.75, 3.05) is 4.90 Å². The summed E-state index contributed by atoms with van der Waals surface area (Å²) in [6.07, 6.45) is 3.39. The van der Waals surface area contributed by atoms with Gasteiger partial charge in [-0.3, -0.25) is 19.7 Å². The first kappa shape index (κ1) is 25.5. The molecule has 1 aromatic heterocycles. The number of carbonyl (C=O) groups is 4. The second-order valence-electron chi connectivity index (χ2n) is 10.5. The number of amides is 4. The van der Waals surface area contributed by atoms with Crippen molar-refractivity contribution in [1.82, 2.24) is 20.5 Å². The maximum absolute atomic E-state index is 15.4. The van der Waals surface area contributed by atoms with E-state index in [4.69, 9.17) is 16.3 Å². The summed E-state index contributed by atoms with van der Waals surface area (Å²) in [5, 5.41) is 4.93. The van der Waals surface area contributed by atoms with Crippen molar-refractivity contribution in [3.63, 3.8) is 0 Å². The van der Waals surface area contributed by atoms with Crippen LogP contribution in [0.5, 0.6) is 0 Å². The highest BCUT2D eigenvalue weighted by Crippen LogP contribution is 2.39. The zero-order valence-electron chi connectivity index (χ0n) is 21.2. The third-order valence-corrected chi connectivity index (χ3v) is 8.38. The molecule has 2 aromatic rings. The number of halogens is 2. The summed E-state index contributed by atoms with van der Waals surface area (Å²) >= 11 is 6.38. The van der Waals surface area contributed by atoms with Crippen LogP contribution in [0.1, 0.15) is 59.7 Å². The quantitative estimate of drug-likeness (QED) is 0.544. The van der Waals surface area contributed by atoms with Crippen molar-refractivity contribution >= 4 is 41.2 Å². The third kappa shape index (κ3) is 4.48. The predicted molar refractivity (Wildman–Crippen MR) is 137 cm³/mol. The Morgan fingerprint density at radius 3 is 2.87 bits per heavy atom. The molecule has 1 saturated heterocycles. The lowest BCUT2D eigenvalue weighted by Gasteiger charge is -2.43. The number of hydrogen-bond donors (Lipinski definition) is 2. The Morgan fingerprint density at radius 1 is 1.31 bits per heavy atom. The van der Waals surface area contributed by atoms with Gasteiger partial charge in [0.1, 0.15) is 23.8 Å². The number of nitrogens with one attached hydrogen (secondary N) is 2. The number of ether oxygens (including phenoxy) is 1. The van der Waals surface area contributed by atoms with Gasteiger partial charge in [-0.1, -0.05) is 17.7 Å². The molecule has 204 valence electrons. The van der Waals surface area contributed by atoms with E-state index in [0.717, 1.165) is 12.2 Å². The molecule has 4 aliphatic rings. The summed E-state index contributed by atoms with van der Waals surface area (Å²) in [5.41, 5.74) is 1.32. The van der Waals surface area contributed by atoms with Gasteiger partial charge in [0, 0.05) is 66.8 Å². The average Bonchev–Trinajstić information content (AvgIpc) is 3.39. The van der Waals surface area contributed by atoms with Gasteiger partial charge in [-0.2, -0.15) is 0 Å². The number of imide groups is 1. The fourth-order valence-corrected chi connectivity index (χ4v) is 6.33. The van der Waals surface area contributed by atoms with E-state index in [1.165, 1.54) is 16.5 Å². The summed E-state index contributed by atoms with van der Waals surface area (Å²) in [6.45, 7) is 1.90. The van der Waals surface area contributed by atoms with E-state index in [2.05, 4.69) is 33.5 Å². The van der Waals surface area contributed by atoms with Gasteiger partial charge in [0.2, 0.25) is 11.8 Å². The second kappa shape index (κ2) is 9.78. The molecule has 1 aromatic carbocycles. The first-order valence-corrected chi connectivity index (χ1v) is 13.4. The normalized spacial score (nSPS) is 25.7. The van der Waals surface area contributed by atoms with Gasteiger partial charge in [0.25, 0.3) is 5.91 Å². The Morgan fingerprint density at radius 2 is 2.10 bits per heavy atom. The molecule has 4 amide bonds. The molecular weight excluding hydrogens is 529 g/mol. The van der Waals surface area contributed by atoms with E-state index < -0.39 is 35.7 Å². The minimum Gasteiger partial charge on any atom is -0.446 e. The first-order chi connectivity index (χ1) is 18.7. The molecule has 0 spiro atoms. The number of carbonyl (C=O) groups excluding carboxylic acids is 4. The zero-order valence-corrected chi connectivity index (χ0v) is 22.0. The average molecular weight is 556 g/mol. The topological polar surface area (TPSA) is 121 Å². The Bertz CT molecular complexity index is 1400. The highest BCUT2D eigenvalue weighted by atomic mass is 35.5. The lowest BCUT2D eigenvalue weighted by molar-refractivity contribution is -0.136. The minimum atomic E-state index is -0.881. The van der Waals surface area contributed by atoms with Crippen LogP contribution in [-0.4, -0.2) is 57.9 Å². The van der Waals surface area contributed by atoms with Crippen LogP contribution in [0.2, 0.25) is 5.02 Å². The van der Waals surface area contributed by atoms with Gasteiger partial charge in [0.05, 0.1) is 5.56 Å². The van der Waals surface area contributed by atoms with E-state index in [1.807, 2.05) is 6.07 Å². The number of nitrogens with zero attached hydrogens (tertiary/aromatic N) is 3. The first-order valence-electron chi connectivity index (χ1n) is 13.0. The molecule has 39 heavy (non-hydrogen) atoms.